The van der Waals surface area contributed by atoms with Crippen molar-refractivity contribution in [3.05, 3.63) is 29.3 Å². The Morgan fingerprint density at radius 1 is 1.44 bits per heavy atom. The Bertz CT molecular complexity index is 613. The van der Waals surface area contributed by atoms with Crippen LogP contribution in [0, 0.1) is 18.3 Å². The van der Waals surface area contributed by atoms with Crippen LogP contribution in [-0.2, 0) is 14.6 Å². The molecule has 0 N–H and O–H groups in total. The van der Waals surface area contributed by atoms with Crippen LogP contribution in [0.1, 0.15) is 22.8 Å². The Morgan fingerprint density at radius 3 is 2.56 bits per heavy atom. The average molecular weight is 267 g/mol. The summed E-state index contributed by atoms with van der Waals surface area (Å²) >= 11 is 0. The molecular formula is C12H13NO4S. The average Bonchev–Trinajstić information content (AvgIpc) is 2.27. The van der Waals surface area contributed by atoms with E-state index in [1.165, 1.54) is 25.1 Å². The van der Waals surface area contributed by atoms with Crippen LogP contribution in [0.5, 0.6) is 0 Å². The summed E-state index contributed by atoms with van der Waals surface area (Å²) in [5, 5.41) is 8.56. The van der Waals surface area contributed by atoms with Gasteiger partial charge in [0.1, 0.15) is 6.07 Å². The number of carbonyl (C=O) groups is 1. The molecule has 96 valence electrons. The molecule has 0 bridgehead atoms. The molecule has 0 saturated heterocycles. The Morgan fingerprint density at radius 2 is 2.06 bits per heavy atom. The van der Waals surface area contributed by atoms with E-state index in [-0.39, 0.29) is 10.5 Å². The number of benzene rings is 1. The van der Waals surface area contributed by atoms with Gasteiger partial charge in [0.2, 0.25) is 0 Å². The minimum absolute atomic E-state index is 0.0460. The fraction of sp³-hybridized carbons (Fsp3) is 0.333. The molecule has 0 aliphatic rings. The van der Waals surface area contributed by atoms with Crippen molar-refractivity contribution in [2.75, 3.05) is 6.26 Å². The van der Waals surface area contributed by atoms with Crippen molar-refractivity contribution in [1.29, 1.82) is 5.26 Å². The van der Waals surface area contributed by atoms with E-state index in [2.05, 4.69) is 0 Å². The molecule has 18 heavy (non-hydrogen) atoms. The van der Waals surface area contributed by atoms with E-state index in [0.717, 1.165) is 6.26 Å². The number of sulfone groups is 1. The summed E-state index contributed by atoms with van der Waals surface area (Å²) in [6, 6.07) is 5.99. The molecule has 0 fully saturated rings. The van der Waals surface area contributed by atoms with Gasteiger partial charge in [-0.15, -0.1) is 0 Å². The van der Waals surface area contributed by atoms with Crippen molar-refractivity contribution in [2.24, 2.45) is 0 Å². The summed E-state index contributed by atoms with van der Waals surface area (Å²) in [6.07, 6.45) is 0.184. The van der Waals surface area contributed by atoms with Crippen molar-refractivity contribution < 1.29 is 17.9 Å². The quantitative estimate of drug-likeness (QED) is 0.774. The zero-order valence-corrected chi connectivity index (χ0v) is 11.1. The Hall–Kier alpha value is -1.87. The maximum Gasteiger partial charge on any atom is 0.339 e. The molecule has 0 aliphatic heterocycles. The fourth-order valence-corrected chi connectivity index (χ4v) is 1.95. The number of carbonyl (C=O) groups excluding carboxylic acids is 1. The van der Waals surface area contributed by atoms with E-state index >= 15 is 0 Å². The molecule has 0 amide bonds. The van der Waals surface area contributed by atoms with Gasteiger partial charge in [-0.2, -0.15) is 5.26 Å². The van der Waals surface area contributed by atoms with Crippen LogP contribution in [0.15, 0.2) is 23.1 Å². The van der Waals surface area contributed by atoms with Crippen LogP contribution in [0.4, 0.5) is 0 Å². The molecular weight excluding hydrogens is 254 g/mol. The molecule has 0 aliphatic carbocycles. The predicted octanol–water partition coefficient (Wildman–Crippen LogP) is 1.47. The molecule has 0 heterocycles. The molecule has 6 heteroatoms. The van der Waals surface area contributed by atoms with Gasteiger partial charge < -0.3 is 4.74 Å². The van der Waals surface area contributed by atoms with E-state index in [4.69, 9.17) is 10.00 Å². The molecule has 0 spiro atoms. The van der Waals surface area contributed by atoms with Gasteiger partial charge in [-0.25, -0.2) is 13.2 Å². The molecule has 0 radical (unpaired) electrons. The Labute approximate surface area is 106 Å². The molecule has 0 aromatic heterocycles. The minimum atomic E-state index is -3.38. The van der Waals surface area contributed by atoms with Crippen molar-refractivity contribution >= 4 is 15.8 Å². The first-order chi connectivity index (χ1) is 8.25. The van der Waals surface area contributed by atoms with E-state index in [9.17, 15) is 13.2 Å². The topological polar surface area (TPSA) is 84.2 Å². The molecule has 1 rings (SSSR count). The largest absolute Gasteiger partial charge is 0.444 e. The first kappa shape index (κ1) is 14.2. The number of nitrogens with zero attached hydrogens (tertiary/aromatic N) is 1. The second-order valence-corrected chi connectivity index (χ2v) is 5.94. The highest BCUT2D eigenvalue weighted by Gasteiger charge is 2.17. The lowest BCUT2D eigenvalue weighted by Crippen LogP contribution is -2.14. The minimum Gasteiger partial charge on any atom is -0.444 e. The summed E-state index contributed by atoms with van der Waals surface area (Å²) in [7, 11) is -3.38. The summed E-state index contributed by atoms with van der Waals surface area (Å²) in [5.41, 5.74) is 0.748. The van der Waals surface area contributed by atoms with Crippen LogP contribution in [0.25, 0.3) is 0 Å². The smallest absolute Gasteiger partial charge is 0.339 e. The van der Waals surface area contributed by atoms with Crippen molar-refractivity contribution in [3.8, 4) is 6.07 Å². The van der Waals surface area contributed by atoms with Gasteiger partial charge in [-0.1, -0.05) is 6.07 Å². The van der Waals surface area contributed by atoms with Crippen LogP contribution >= 0.6 is 0 Å². The first-order valence-corrected chi connectivity index (χ1v) is 7.06. The maximum atomic E-state index is 11.7. The SMILES string of the molecule is Cc1ccc(S(C)(=O)=O)cc1C(=O)O[C@H](C)C#N. The zero-order chi connectivity index (χ0) is 13.9. The van der Waals surface area contributed by atoms with Gasteiger partial charge in [0, 0.05) is 6.26 Å². The highest BCUT2D eigenvalue weighted by Crippen LogP contribution is 2.17. The Kier molecular flexibility index (Phi) is 4.09. The second kappa shape index (κ2) is 5.19. The van der Waals surface area contributed by atoms with Crippen LogP contribution < -0.4 is 0 Å². The Balaban J connectivity index is 3.17. The molecule has 5 nitrogen and oxygen atoms in total. The summed E-state index contributed by atoms with van der Waals surface area (Å²) in [5.74, 6) is -0.702. The predicted molar refractivity (Wildman–Crippen MR) is 64.8 cm³/mol. The number of rotatable bonds is 3. The van der Waals surface area contributed by atoms with E-state index in [0.29, 0.717) is 5.56 Å². The van der Waals surface area contributed by atoms with E-state index in [1.54, 1.807) is 13.0 Å². The lowest BCUT2D eigenvalue weighted by atomic mass is 10.1. The number of nitriles is 1. The van der Waals surface area contributed by atoms with Gasteiger partial charge >= 0.3 is 5.97 Å². The van der Waals surface area contributed by atoms with Crippen molar-refractivity contribution in [3.63, 3.8) is 0 Å². The highest BCUT2D eigenvalue weighted by molar-refractivity contribution is 7.90. The number of esters is 1. The standard InChI is InChI=1S/C12H13NO4S/c1-8-4-5-10(18(3,15)16)6-11(8)12(14)17-9(2)7-13/h4-6,9H,1-3H3/t9-/m1/s1. The summed E-state index contributed by atoms with van der Waals surface area (Å²) < 4.78 is 27.6. The fourth-order valence-electron chi connectivity index (χ4n) is 1.30. The molecule has 1 aromatic rings. The van der Waals surface area contributed by atoms with Crippen molar-refractivity contribution in [1.82, 2.24) is 0 Å². The van der Waals surface area contributed by atoms with Gasteiger partial charge in [0.25, 0.3) is 0 Å². The normalized spacial score (nSPS) is 12.6. The number of aryl methyl sites for hydroxylation is 1. The monoisotopic (exact) mass is 267 g/mol. The third kappa shape index (κ3) is 3.31. The van der Waals surface area contributed by atoms with Crippen LogP contribution in [0.3, 0.4) is 0 Å². The van der Waals surface area contributed by atoms with E-state index in [1.807, 2.05) is 0 Å². The van der Waals surface area contributed by atoms with Gasteiger partial charge in [0.05, 0.1) is 10.5 Å². The van der Waals surface area contributed by atoms with Crippen LogP contribution in [0.2, 0.25) is 0 Å². The van der Waals surface area contributed by atoms with E-state index < -0.39 is 21.9 Å². The van der Waals surface area contributed by atoms with Crippen molar-refractivity contribution in [2.45, 2.75) is 24.8 Å². The molecule has 1 atom stereocenters. The van der Waals surface area contributed by atoms with Gasteiger partial charge in [-0.3, -0.25) is 0 Å². The molecule has 0 saturated carbocycles. The molecule has 1 aromatic carbocycles. The lowest BCUT2D eigenvalue weighted by molar-refractivity contribution is 0.0434. The van der Waals surface area contributed by atoms with Crippen LogP contribution in [-0.4, -0.2) is 26.7 Å². The lowest BCUT2D eigenvalue weighted by Gasteiger charge is -2.09. The zero-order valence-electron chi connectivity index (χ0n) is 10.3. The summed E-state index contributed by atoms with van der Waals surface area (Å²) in [6.45, 7) is 3.10. The first-order valence-electron chi connectivity index (χ1n) is 5.17. The van der Waals surface area contributed by atoms with Gasteiger partial charge in [0.15, 0.2) is 15.9 Å². The maximum absolute atomic E-state index is 11.7. The highest BCUT2D eigenvalue weighted by atomic mass is 32.2. The summed E-state index contributed by atoms with van der Waals surface area (Å²) in [4.78, 5) is 11.8. The third-order valence-electron chi connectivity index (χ3n) is 2.32. The number of hydrogen-bond acceptors (Lipinski definition) is 5. The molecule has 0 unspecified atom stereocenters. The van der Waals surface area contributed by atoms with Gasteiger partial charge in [-0.05, 0) is 31.5 Å². The second-order valence-electron chi connectivity index (χ2n) is 3.93. The number of hydrogen-bond donors (Lipinski definition) is 0. The number of ether oxygens (including phenoxy) is 1. The third-order valence-corrected chi connectivity index (χ3v) is 3.43.